The van der Waals surface area contributed by atoms with Gasteiger partial charge in [0.1, 0.15) is 24.4 Å². The molecule has 1 rings (SSSR count). The van der Waals surface area contributed by atoms with Gasteiger partial charge < -0.3 is 35.2 Å². The van der Waals surface area contributed by atoms with E-state index >= 15 is 0 Å². The molecule has 0 aromatic carbocycles. The fourth-order valence-electron chi connectivity index (χ4n) is 8.96. The number of allylic oxidation sites excluding steroid dienone is 4. The van der Waals surface area contributed by atoms with E-state index < -0.39 is 59.9 Å². The summed E-state index contributed by atoms with van der Waals surface area (Å²) in [6.45, 7) is 3.45. The van der Waals surface area contributed by atoms with Crippen LogP contribution in [0.25, 0.3) is 0 Å². The highest BCUT2D eigenvalue weighted by Crippen LogP contribution is 2.26. The van der Waals surface area contributed by atoms with E-state index in [2.05, 4.69) is 47.7 Å². The van der Waals surface area contributed by atoms with Crippen LogP contribution in [0.3, 0.4) is 0 Å². The number of aliphatic hydroxyl groups excluding tert-OH is 4. The number of unbranched alkanes of at least 4 members (excludes halogenated alkanes) is 32. The largest absolute Gasteiger partial charge is 0.397 e. The second-order valence-electron chi connectivity index (χ2n) is 19.5. The van der Waals surface area contributed by atoms with E-state index in [9.17, 15) is 38.2 Å². The number of nitrogens with one attached hydrogen (secondary N) is 1. The molecule has 7 unspecified atom stereocenters. The van der Waals surface area contributed by atoms with Gasteiger partial charge in [-0.2, -0.15) is 8.42 Å². The second-order valence-corrected chi connectivity index (χ2v) is 20.6. The lowest BCUT2D eigenvalue weighted by molar-refractivity contribution is -0.298. The van der Waals surface area contributed by atoms with Gasteiger partial charge in [-0.1, -0.05) is 231 Å². The Labute approximate surface area is 410 Å². The van der Waals surface area contributed by atoms with Gasteiger partial charge in [0.2, 0.25) is 5.91 Å². The van der Waals surface area contributed by atoms with Crippen molar-refractivity contribution >= 4 is 16.3 Å². The zero-order valence-electron chi connectivity index (χ0n) is 42.7. The highest BCUT2D eigenvalue weighted by molar-refractivity contribution is 7.80. The first-order chi connectivity index (χ1) is 32.5. The summed E-state index contributed by atoms with van der Waals surface area (Å²) >= 11 is 0. The van der Waals surface area contributed by atoms with Crippen molar-refractivity contribution in [2.45, 2.75) is 301 Å². The Kier molecular flexibility index (Phi) is 42.3. The van der Waals surface area contributed by atoms with Crippen LogP contribution < -0.4 is 5.32 Å². The molecule has 0 aromatic rings. The lowest BCUT2D eigenvalue weighted by atomic mass is 9.99. The Balaban J connectivity index is 2.26. The average Bonchev–Trinajstić information content (AvgIpc) is 3.30. The molecule has 0 radical (unpaired) electrons. The zero-order valence-corrected chi connectivity index (χ0v) is 43.5. The molecule has 0 saturated carbocycles. The van der Waals surface area contributed by atoms with E-state index in [0.29, 0.717) is 12.8 Å². The van der Waals surface area contributed by atoms with Crippen LogP contribution in [0.2, 0.25) is 0 Å². The Morgan fingerprint density at radius 3 is 1.42 bits per heavy atom. The minimum absolute atomic E-state index is 0.230. The van der Waals surface area contributed by atoms with Crippen LogP contribution >= 0.6 is 0 Å². The molecule has 12 nitrogen and oxygen atoms in total. The molecule has 1 amide bonds. The fourth-order valence-corrected chi connectivity index (χ4v) is 9.47. The number of amides is 1. The third-order valence-corrected chi connectivity index (χ3v) is 13.7. The quantitative estimate of drug-likeness (QED) is 0.0193. The van der Waals surface area contributed by atoms with E-state index in [4.69, 9.17) is 9.47 Å². The Morgan fingerprint density at radius 1 is 0.597 bits per heavy atom. The number of carbonyl (C=O) groups is 1. The molecule has 396 valence electrons. The Hall–Kier alpha value is -1.42. The molecule has 0 spiro atoms. The van der Waals surface area contributed by atoms with Crippen LogP contribution in [0, 0.1) is 0 Å². The van der Waals surface area contributed by atoms with E-state index in [0.717, 1.165) is 57.8 Å². The lowest BCUT2D eigenvalue weighted by Gasteiger charge is -2.41. The first-order valence-corrected chi connectivity index (χ1v) is 29.1. The number of carbonyl (C=O) groups excluding carboxylic acids is 1. The highest BCUT2D eigenvalue weighted by atomic mass is 32.3. The highest BCUT2D eigenvalue weighted by Gasteiger charge is 2.48. The molecule has 67 heavy (non-hydrogen) atoms. The van der Waals surface area contributed by atoms with E-state index in [1.807, 2.05) is 0 Å². The van der Waals surface area contributed by atoms with Crippen LogP contribution in [0.5, 0.6) is 0 Å². The number of hydrogen-bond donors (Lipinski definition) is 6. The van der Waals surface area contributed by atoms with Crippen molar-refractivity contribution in [3.8, 4) is 0 Å². The SMILES string of the molecule is CCCCCCCCCCC/C=C\C/C=C\CCCCCCCCCCCCCCCC(=O)NC(COC1OC(CO)C(O)C(OS(=O)(=O)O)C1O)C(O)CCCCCCCCCCCCC. The van der Waals surface area contributed by atoms with Crippen LogP contribution in [0.4, 0.5) is 0 Å². The van der Waals surface area contributed by atoms with Gasteiger partial charge >= 0.3 is 10.4 Å². The van der Waals surface area contributed by atoms with Crippen molar-refractivity contribution in [2.24, 2.45) is 0 Å². The molecule has 6 N–H and O–H groups in total. The summed E-state index contributed by atoms with van der Waals surface area (Å²) in [5.74, 6) is -0.230. The van der Waals surface area contributed by atoms with Crippen LogP contribution in [0.15, 0.2) is 24.3 Å². The van der Waals surface area contributed by atoms with Crippen molar-refractivity contribution in [2.75, 3.05) is 13.2 Å². The lowest BCUT2D eigenvalue weighted by Crippen LogP contribution is -2.61. The fraction of sp³-hybridized carbons (Fsp3) is 0.907. The maximum Gasteiger partial charge on any atom is 0.397 e. The molecular formula is C54H103NO11S. The second kappa shape index (κ2) is 44.5. The molecule has 1 aliphatic heterocycles. The van der Waals surface area contributed by atoms with Crippen LogP contribution in [-0.2, 0) is 28.9 Å². The summed E-state index contributed by atoms with van der Waals surface area (Å²) in [5, 5.41) is 44.9. The minimum atomic E-state index is -5.08. The van der Waals surface area contributed by atoms with Crippen LogP contribution in [0.1, 0.15) is 258 Å². The van der Waals surface area contributed by atoms with E-state index in [1.165, 1.54) is 173 Å². The van der Waals surface area contributed by atoms with Gasteiger partial charge in [0.15, 0.2) is 6.29 Å². The number of ether oxygens (including phenoxy) is 2. The normalized spacial score (nSPS) is 20.0. The van der Waals surface area contributed by atoms with Gasteiger partial charge in [-0.3, -0.25) is 9.35 Å². The first-order valence-electron chi connectivity index (χ1n) is 27.7. The van der Waals surface area contributed by atoms with Crippen molar-refractivity contribution in [1.29, 1.82) is 0 Å². The Bertz CT molecular complexity index is 1280. The average molecular weight is 974 g/mol. The summed E-state index contributed by atoms with van der Waals surface area (Å²) in [4.78, 5) is 13.1. The van der Waals surface area contributed by atoms with Crippen LogP contribution in [-0.4, -0.2) is 95.4 Å². The third-order valence-electron chi connectivity index (χ3n) is 13.3. The van der Waals surface area contributed by atoms with E-state index in [1.54, 1.807) is 0 Å². The molecule has 1 fully saturated rings. The first kappa shape index (κ1) is 63.6. The van der Waals surface area contributed by atoms with Gasteiger partial charge in [0, 0.05) is 6.42 Å². The van der Waals surface area contributed by atoms with Gasteiger partial charge in [-0.25, -0.2) is 4.18 Å². The molecular weight excluding hydrogens is 871 g/mol. The predicted molar refractivity (Wildman–Crippen MR) is 273 cm³/mol. The molecule has 0 aliphatic carbocycles. The van der Waals surface area contributed by atoms with Crippen molar-refractivity contribution in [1.82, 2.24) is 5.32 Å². The van der Waals surface area contributed by atoms with Gasteiger partial charge in [-0.15, -0.1) is 0 Å². The molecule has 1 aliphatic rings. The standard InChI is InChI=1S/C54H103NO11S/c1-3-5-7-9-11-13-15-16-17-18-19-20-21-22-23-24-25-26-27-28-29-30-31-32-34-36-38-40-42-44-50(58)55-47(48(57)43-41-39-37-35-33-14-12-10-8-6-4-2)46-64-54-52(60)53(66-67(61,62)63)51(59)49(45-56)65-54/h19-20,22-23,47-49,51-54,56-57,59-60H,3-18,21,24-46H2,1-2H3,(H,55,58)(H,61,62,63)/b20-19-,23-22-. The molecule has 7 atom stereocenters. The molecule has 1 heterocycles. The maximum atomic E-state index is 13.1. The number of hydrogen-bond acceptors (Lipinski definition) is 10. The smallest absolute Gasteiger partial charge is 0.394 e. The van der Waals surface area contributed by atoms with Gasteiger partial charge in [-0.05, 0) is 44.9 Å². The Morgan fingerprint density at radius 2 is 1.00 bits per heavy atom. The molecule has 1 saturated heterocycles. The maximum absolute atomic E-state index is 13.1. The minimum Gasteiger partial charge on any atom is -0.394 e. The van der Waals surface area contributed by atoms with Gasteiger partial charge in [0.05, 0.1) is 25.4 Å². The summed E-state index contributed by atoms with van der Waals surface area (Å²) in [5.41, 5.74) is 0. The van der Waals surface area contributed by atoms with Gasteiger partial charge in [0.25, 0.3) is 0 Å². The number of aliphatic hydroxyl groups is 4. The topological polar surface area (TPSA) is 192 Å². The molecule has 0 bridgehead atoms. The van der Waals surface area contributed by atoms with Crippen molar-refractivity contribution in [3.63, 3.8) is 0 Å². The van der Waals surface area contributed by atoms with Crippen molar-refractivity contribution in [3.05, 3.63) is 24.3 Å². The zero-order chi connectivity index (χ0) is 49.1. The van der Waals surface area contributed by atoms with E-state index in [-0.39, 0.29) is 12.5 Å². The summed E-state index contributed by atoms with van der Waals surface area (Å²) in [6, 6.07) is -0.856. The summed E-state index contributed by atoms with van der Waals surface area (Å²) in [7, 11) is -5.08. The summed E-state index contributed by atoms with van der Waals surface area (Å²) in [6.07, 6.45) is 44.9. The monoisotopic (exact) mass is 974 g/mol. The van der Waals surface area contributed by atoms with Crippen molar-refractivity contribution < 1.29 is 51.8 Å². The summed E-state index contributed by atoms with van der Waals surface area (Å²) < 4.78 is 47.7. The molecule has 13 heteroatoms. The molecule has 0 aromatic heterocycles. The third kappa shape index (κ3) is 37.1. The predicted octanol–water partition coefficient (Wildman–Crippen LogP) is 12.5. The number of rotatable bonds is 48.